The number of halogens is 1. The van der Waals surface area contributed by atoms with E-state index in [-0.39, 0.29) is 24.6 Å². The highest BCUT2D eigenvalue weighted by Crippen LogP contribution is 2.33. The summed E-state index contributed by atoms with van der Waals surface area (Å²) in [6.07, 6.45) is 7.83. The summed E-state index contributed by atoms with van der Waals surface area (Å²) in [4.78, 5) is 16.7. The second kappa shape index (κ2) is 9.83. The molecule has 0 spiro atoms. The Balaban J connectivity index is 1.34. The van der Waals surface area contributed by atoms with Gasteiger partial charge in [-0.05, 0) is 55.9 Å². The number of H-pyrrole nitrogens is 1. The summed E-state index contributed by atoms with van der Waals surface area (Å²) in [5.41, 5.74) is 2.95. The number of pyridine rings is 1. The van der Waals surface area contributed by atoms with E-state index in [0.717, 1.165) is 36.6 Å². The van der Waals surface area contributed by atoms with E-state index in [1.807, 2.05) is 19.1 Å². The van der Waals surface area contributed by atoms with Crippen LogP contribution in [-0.2, 0) is 13.1 Å². The lowest BCUT2D eigenvalue weighted by atomic mass is 9.93. The number of benzene rings is 1. The molecule has 1 amide bonds. The normalized spacial score (nSPS) is 18.0. The van der Waals surface area contributed by atoms with Crippen molar-refractivity contribution in [3.05, 3.63) is 59.8 Å². The van der Waals surface area contributed by atoms with E-state index in [9.17, 15) is 9.90 Å². The zero-order valence-electron chi connectivity index (χ0n) is 19.5. The number of hydrogen-bond acceptors (Lipinski definition) is 6. The summed E-state index contributed by atoms with van der Waals surface area (Å²) in [6, 6.07) is 7.05. The monoisotopic (exact) mass is 477 g/mol. The summed E-state index contributed by atoms with van der Waals surface area (Å²) < 4.78 is 16.7. The van der Waals surface area contributed by atoms with Gasteiger partial charge in [-0.15, -0.1) is 0 Å². The molecule has 35 heavy (non-hydrogen) atoms. The maximum atomic E-state index is 15.0. The molecule has 0 unspecified atom stereocenters. The lowest BCUT2D eigenvalue weighted by Crippen LogP contribution is -2.28. The molecule has 3 aromatic heterocycles. The molecule has 1 saturated carbocycles. The van der Waals surface area contributed by atoms with Gasteiger partial charge in [0.2, 0.25) is 0 Å². The lowest BCUT2D eigenvalue weighted by molar-refractivity contribution is 0.0950. The van der Waals surface area contributed by atoms with Gasteiger partial charge in [0.25, 0.3) is 5.91 Å². The van der Waals surface area contributed by atoms with Crippen LogP contribution in [-0.4, -0.2) is 48.1 Å². The van der Waals surface area contributed by atoms with Crippen molar-refractivity contribution < 1.29 is 14.3 Å². The van der Waals surface area contributed by atoms with Crippen LogP contribution in [0.2, 0.25) is 0 Å². The smallest absolute Gasteiger partial charge is 0.254 e. The van der Waals surface area contributed by atoms with Gasteiger partial charge in [0.05, 0.1) is 23.3 Å². The number of aliphatic hydroxyl groups is 1. The number of aliphatic hydroxyl groups excluding tert-OH is 1. The third-order valence-electron chi connectivity index (χ3n) is 6.52. The topological polar surface area (TPSA) is 121 Å². The standard InChI is InChI=1S/C25H28FN7O2/c1-2-33-14-17(13-29-33)25(35)28-12-16-4-3-15(11-21(16)26)20-9-10-27-23-22(20)24(32-31-23)30-18-5-7-19(34)8-6-18/h3-4,9-11,13-14,18-19,34H,2,5-8,12H2,1H3,(H,28,35)(H2,27,30,31,32). The molecule has 0 atom stereocenters. The van der Waals surface area contributed by atoms with Crippen LogP contribution in [0, 0.1) is 5.82 Å². The van der Waals surface area contributed by atoms with Gasteiger partial charge in [0.15, 0.2) is 11.5 Å². The fourth-order valence-electron chi connectivity index (χ4n) is 4.50. The molecule has 5 rings (SSSR count). The number of carbonyl (C=O) groups excluding carboxylic acids is 1. The number of carbonyl (C=O) groups is 1. The maximum Gasteiger partial charge on any atom is 0.254 e. The number of amides is 1. The molecule has 1 fully saturated rings. The molecule has 0 aliphatic heterocycles. The molecule has 1 aliphatic carbocycles. The molecule has 0 radical (unpaired) electrons. The van der Waals surface area contributed by atoms with Gasteiger partial charge in [0.1, 0.15) is 5.82 Å². The first kappa shape index (κ1) is 23.0. The quantitative estimate of drug-likeness (QED) is 0.323. The summed E-state index contributed by atoms with van der Waals surface area (Å²) in [6.45, 7) is 2.68. The van der Waals surface area contributed by atoms with Crippen LogP contribution in [0.4, 0.5) is 10.2 Å². The molecule has 9 nitrogen and oxygen atoms in total. The minimum absolute atomic E-state index is 0.0695. The van der Waals surface area contributed by atoms with Gasteiger partial charge in [-0.2, -0.15) is 10.2 Å². The largest absolute Gasteiger partial charge is 0.393 e. The number of fused-ring (bicyclic) bond motifs is 1. The predicted octanol–water partition coefficient (Wildman–Crippen LogP) is 3.63. The zero-order chi connectivity index (χ0) is 24.4. The third-order valence-corrected chi connectivity index (χ3v) is 6.52. The van der Waals surface area contributed by atoms with Crippen molar-refractivity contribution in [1.29, 1.82) is 0 Å². The highest BCUT2D eigenvalue weighted by Gasteiger charge is 2.22. The molecule has 10 heteroatoms. The van der Waals surface area contributed by atoms with Gasteiger partial charge >= 0.3 is 0 Å². The van der Waals surface area contributed by atoms with Crippen molar-refractivity contribution in [2.24, 2.45) is 0 Å². The van der Waals surface area contributed by atoms with Gasteiger partial charge in [-0.25, -0.2) is 9.37 Å². The van der Waals surface area contributed by atoms with Gasteiger partial charge in [0, 0.05) is 37.1 Å². The first-order chi connectivity index (χ1) is 17.0. The number of nitrogens with one attached hydrogen (secondary N) is 3. The second-order valence-corrected chi connectivity index (χ2v) is 8.88. The Labute approximate surface area is 201 Å². The molecular weight excluding hydrogens is 449 g/mol. The van der Waals surface area contributed by atoms with Crippen molar-refractivity contribution in [3.63, 3.8) is 0 Å². The lowest BCUT2D eigenvalue weighted by Gasteiger charge is -2.26. The van der Waals surface area contributed by atoms with E-state index in [4.69, 9.17) is 0 Å². The number of aryl methyl sites for hydroxylation is 1. The van der Waals surface area contributed by atoms with Gasteiger partial charge < -0.3 is 15.7 Å². The van der Waals surface area contributed by atoms with Crippen LogP contribution in [0.25, 0.3) is 22.2 Å². The fourth-order valence-corrected chi connectivity index (χ4v) is 4.50. The van der Waals surface area contributed by atoms with E-state index in [1.54, 1.807) is 23.1 Å². The van der Waals surface area contributed by atoms with E-state index >= 15 is 4.39 Å². The fraction of sp³-hybridized carbons (Fsp3) is 0.360. The maximum absolute atomic E-state index is 15.0. The van der Waals surface area contributed by atoms with Crippen molar-refractivity contribution in [3.8, 4) is 11.1 Å². The average Bonchev–Trinajstić information content (AvgIpc) is 3.52. The Kier molecular flexibility index (Phi) is 6.45. The van der Waals surface area contributed by atoms with E-state index < -0.39 is 5.82 Å². The second-order valence-electron chi connectivity index (χ2n) is 8.88. The van der Waals surface area contributed by atoms with Gasteiger partial charge in [-0.3, -0.25) is 14.6 Å². The van der Waals surface area contributed by atoms with Crippen molar-refractivity contribution in [1.82, 2.24) is 30.3 Å². The van der Waals surface area contributed by atoms with Crippen molar-refractivity contribution in [2.45, 2.75) is 57.8 Å². The molecule has 182 valence electrons. The van der Waals surface area contributed by atoms with Gasteiger partial charge in [-0.1, -0.05) is 12.1 Å². The number of aromatic nitrogens is 5. The minimum Gasteiger partial charge on any atom is -0.393 e. The Morgan fingerprint density at radius 3 is 2.83 bits per heavy atom. The van der Waals surface area contributed by atoms with Crippen molar-refractivity contribution >= 4 is 22.8 Å². The van der Waals surface area contributed by atoms with Crippen LogP contribution in [0.3, 0.4) is 0 Å². The Bertz CT molecular complexity index is 1340. The third kappa shape index (κ3) is 4.88. The molecule has 1 aliphatic rings. The molecule has 3 heterocycles. The number of anilines is 1. The first-order valence-corrected chi connectivity index (χ1v) is 11.9. The van der Waals surface area contributed by atoms with Crippen LogP contribution in [0.5, 0.6) is 0 Å². The molecule has 1 aromatic carbocycles. The molecular formula is C25H28FN7O2. The van der Waals surface area contributed by atoms with Crippen LogP contribution in [0.15, 0.2) is 42.9 Å². The number of hydrogen-bond donors (Lipinski definition) is 4. The number of rotatable bonds is 7. The predicted molar refractivity (Wildman–Crippen MR) is 130 cm³/mol. The molecule has 4 aromatic rings. The number of nitrogens with zero attached hydrogens (tertiary/aromatic N) is 4. The first-order valence-electron chi connectivity index (χ1n) is 11.9. The SMILES string of the molecule is CCn1cc(C(=O)NCc2ccc(-c3ccnc4[nH]nc(NC5CCC(O)CC5)c34)cc2F)cn1. The van der Waals surface area contributed by atoms with E-state index in [0.29, 0.717) is 34.7 Å². The van der Waals surface area contributed by atoms with E-state index in [1.165, 1.54) is 12.3 Å². The molecule has 0 saturated heterocycles. The summed E-state index contributed by atoms with van der Waals surface area (Å²) in [5.74, 6) is -0.0292. The number of aromatic amines is 1. The van der Waals surface area contributed by atoms with E-state index in [2.05, 4.69) is 30.9 Å². The Morgan fingerprint density at radius 1 is 1.26 bits per heavy atom. The average molecular weight is 478 g/mol. The summed E-state index contributed by atoms with van der Waals surface area (Å²) in [5, 5.41) is 28.3. The Morgan fingerprint density at radius 2 is 2.09 bits per heavy atom. The van der Waals surface area contributed by atoms with Crippen LogP contribution < -0.4 is 10.6 Å². The Hall–Kier alpha value is -3.79. The van der Waals surface area contributed by atoms with Crippen molar-refractivity contribution in [2.75, 3.05) is 5.32 Å². The van der Waals surface area contributed by atoms with Crippen LogP contribution in [0.1, 0.15) is 48.5 Å². The van der Waals surface area contributed by atoms with Crippen LogP contribution >= 0.6 is 0 Å². The summed E-state index contributed by atoms with van der Waals surface area (Å²) >= 11 is 0. The molecule has 4 N–H and O–H groups in total. The molecule has 0 bridgehead atoms. The zero-order valence-corrected chi connectivity index (χ0v) is 19.5. The summed E-state index contributed by atoms with van der Waals surface area (Å²) in [7, 11) is 0. The minimum atomic E-state index is -0.406. The highest BCUT2D eigenvalue weighted by molar-refractivity contribution is 6.00. The highest BCUT2D eigenvalue weighted by atomic mass is 19.1.